The van der Waals surface area contributed by atoms with Crippen LogP contribution in [0, 0.1) is 0 Å². The van der Waals surface area contributed by atoms with Crippen molar-refractivity contribution in [3.8, 4) is 17.2 Å². The van der Waals surface area contributed by atoms with Crippen LogP contribution >= 0.6 is 0 Å². The zero-order chi connectivity index (χ0) is 37.5. The standard InChI is InChI=1S/C36H41N5O12/c1-15-32-18(41-8-9-50-34(49-4)33(41)53-32)10-23(51-15)52-20-12-36(47,35(46)38-13-22-39-21(37)14-40(22)2)11-17-25(20)31(45)27-26(29(17)43)28(42)16-6-5-7-19(48-3)24(16)30(27)44/h5-7,14-15,18,20,23,32-34,43,45,47H,8-13,37H2,1-4H3,(H,38,46)/t15-,18-,20-,23-,32+,33+,34-,36-/m0/s1. The van der Waals surface area contributed by atoms with Crippen molar-refractivity contribution in [1.29, 1.82) is 0 Å². The van der Waals surface area contributed by atoms with Gasteiger partial charge in [0.25, 0.3) is 5.91 Å². The molecule has 0 bridgehead atoms. The van der Waals surface area contributed by atoms with Gasteiger partial charge in [0, 0.05) is 68.9 Å². The minimum atomic E-state index is -2.23. The molecule has 3 aromatic rings. The highest BCUT2D eigenvalue weighted by Crippen LogP contribution is 2.53. The summed E-state index contributed by atoms with van der Waals surface area (Å²) in [6.07, 6.45) is -3.22. The minimum Gasteiger partial charge on any atom is -0.507 e. The van der Waals surface area contributed by atoms with Gasteiger partial charge in [0.2, 0.25) is 5.78 Å². The second-order valence-electron chi connectivity index (χ2n) is 14.1. The number of nitrogens with two attached hydrogens (primary N) is 1. The van der Waals surface area contributed by atoms with Crippen LogP contribution in [0.1, 0.15) is 74.7 Å². The zero-order valence-electron chi connectivity index (χ0n) is 29.5. The number of anilines is 1. The second kappa shape index (κ2) is 13.0. The number of ketones is 2. The van der Waals surface area contributed by atoms with Crippen LogP contribution in [0.5, 0.6) is 17.2 Å². The van der Waals surface area contributed by atoms with E-state index in [9.17, 15) is 29.7 Å². The first kappa shape index (κ1) is 35.4. The SMILES string of the molecule is COc1cccc2c1C(=O)c1c(O)c3c(c(O)c1C2=O)C[C@@](O)(C(=O)NCc1nc(N)cn1C)C[C@@H]3O[C@H]1C[C@H]2[C@H](O[C@@H]3[C@@H](OC)OCCN32)[C@H](C)O1. The number of nitrogens with one attached hydrogen (secondary N) is 1. The first-order valence-electron chi connectivity index (χ1n) is 17.4. The molecule has 3 aliphatic heterocycles. The lowest BCUT2D eigenvalue weighted by atomic mass is 9.72. The number of rotatable bonds is 7. The molecular formula is C36H41N5O12. The van der Waals surface area contributed by atoms with Gasteiger partial charge >= 0.3 is 0 Å². The number of fused-ring (bicyclic) bond motifs is 6. The Kier molecular flexibility index (Phi) is 8.72. The molecule has 0 spiro atoms. The van der Waals surface area contributed by atoms with E-state index in [1.165, 1.54) is 25.3 Å². The van der Waals surface area contributed by atoms with E-state index in [-0.39, 0.29) is 52.5 Å². The molecule has 5 aliphatic rings. The number of hydrogen-bond acceptors (Lipinski definition) is 15. The highest BCUT2D eigenvalue weighted by atomic mass is 16.7. The number of phenols is 2. The van der Waals surface area contributed by atoms with Crippen LogP contribution in [-0.2, 0) is 48.5 Å². The number of phenolic OH excluding ortho intramolecular Hbond substituents is 2. The molecule has 0 unspecified atom stereocenters. The first-order chi connectivity index (χ1) is 25.3. The van der Waals surface area contributed by atoms with Gasteiger partial charge in [0.05, 0.1) is 49.2 Å². The Morgan fingerprint density at radius 1 is 1.13 bits per heavy atom. The fourth-order valence-corrected chi connectivity index (χ4v) is 8.52. The summed E-state index contributed by atoms with van der Waals surface area (Å²) >= 11 is 0. The summed E-state index contributed by atoms with van der Waals surface area (Å²) in [5, 5.41) is 38.6. The molecule has 17 nitrogen and oxygen atoms in total. The number of aryl methyl sites for hydroxylation is 1. The first-order valence-corrected chi connectivity index (χ1v) is 17.4. The van der Waals surface area contributed by atoms with Crippen molar-refractivity contribution in [2.24, 2.45) is 7.05 Å². The molecule has 8 rings (SSSR count). The number of hydrogen-bond donors (Lipinski definition) is 5. The van der Waals surface area contributed by atoms with Crippen LogP contribution in [0.15, 0.2) is 24.4 Å². The van der Waals surface area contributed by atoms with Crippen LogP contribution < -0.4 is 15.8 Å². The quantitative estimate of drug-likeness (QED) is 0.165. The molecule has 8 atom stereocenters. The number of aromatic hydroxyl groups is 2. The molecule has 1 amide bonds. The number of carbonyl (C=O) groups excluding carboxylic acids is 3. The lowest BCUT2D eigenvalue weighted by Gasteiger charge is -2.43. The Morgan fingerprint density at radius 2 is 1.91 bits per heavy atom. The van der Waals surface area contributed by atoms with Gasteiger partial charge in [0.15, 0.2) is 24.6 Å². The molecule has 6 N–H and O–H groups in total. The molecule has 53 heavy (non-hydrogen) atoms. The summed E-state index contributed by atoms with van der Waals surface area (Å²) < 4.78 is 37.5. The Morgan fingerprint density at radius 3 is 2.62 bits per heavy atom. The van der Waals surface area contributed by atoms with E-state index >= 15 is 0 Å². The highest BCUT2D eigenvalue weighted by molar-refractivity contribution is 6.31. The third-order valence-corrected chi connectivity index (χ3v) is 11.0. The van der Waals surface area contributed by atoms with Crippen LogP contribution in [0.25, 0.3) is 0 Å². The van der Waals surface area contributed by atoms with Gasteiger partial charge in [-0.3, -0.25) is 19.3 Å². The highest BCUT2D eigenvalue weighted by Gasteiger charge is 2.55. The number of imidazole rings is 1. The van der Waals surface area contributed by atoms with Crippen LogP contribution in [0.3, 0.4) is 0 Å². The normalized spacial score (nSPS) is 30.5. The lowest BCUT2D eigenvalue weighted by Crippen LogP contribution is -2.55. The third kappa shape index (κ3) is 5.57. The smallest absolute Gasteiger partial charge is 0.252 e. The van der Waals surface area contributed by atoms with E-state index < -0.39 is 89.6 Å². The Labute approximate surface area is 303 Å². The van der Waals surface area contributed by atoms with Crippen molar-refractivity contribution in [1.82, 2.24) is 19.8 Å². The number of nitrogen functional groups attached to an aromatic ring is 1. The maximum absolute atomic E-state index is 14.1. The van der Waals surface area contributed by atoms with Crippen molar-refractivity contribution in [2.75, 3.05) is 33.1 Å². The average molecular weight is 736 g/mol. The minimum absolute atomic E-state index is 0.0301. The number of ether oxygens (including phenoxy) is 6. The van der Waals surface area contributed by atoms with Gasteiger partial charge in [-0.1, -0.05) is 12.1 Å². The predicted molar refractivity (Wildman–Crippen MR) is 181 cm³/mol. The number of benzene rings is 2. The molecule has 0 saturated carbocycles. The van der Waals surface area contributed by atoms with Gasteiger partial charge in [-0.15, -0.1) is 0 Å². The van der Waals surface area contributed by atoms with E-state index in [4.69, 9.17) is 34.2 Å². The molecule has 4 heterocycles. The summed E-state index contributed by atoms with van der Waals surface area (Å²) in [5.74, 6) is -2.78. The number of methoxy groups -OCH3 is 2. The zero-order valence-corrected chi connectivity index (χ0v) is 29.5. The molecular weight excluding hydrogens is 694 g/mol. The third-order valence-electron chi connectivity index (χ3n) is 11.0. The molecule has 282 valence electrons. The molecule has 3 saturated heterocycles. The summed E-state index contributed by atoms with van der Waals surface area (Å²) in [6, 6.07) is 4.29. The van der Waals surface area contributed by atoms with E-state index in [2.05, 4.69) is 15.2 Å². The number of morpholine rings is 1. The summed E-state index contributed by atoms with van der Waals surface area (Å²) in [7, 11) is 4.60. The topological polar surface area (TPSA) is 226 Å². The van der Waals surface area contributed by atoms with Crippen molar-refractivity contribution < 1.29 is 58.1 Å². The van der Waals surface area contributed by atoms with Gasteiger partial charge in [-0.2, -0.15) is 0 Å². The van der Waals surface area contributed by atoms with E-state index in [0.29, 0.717) is 25.4 Å². The average Bonchev–Trinajstić information content (AvgIpc) is 3.68. The Bertz CT molecular complexity index is 2020. The molecule has 17 heteroatoms. The van der Waals surface area contributed by atoms with E-state index in [1.54, 1.807) is 24.9 Å². The number of aromatic nitrogens is 2. The Balaban J connectivity index is 1.18. The van der Waals surface area contributed by atoms with Crippen molar-refractivity contribution in [2.45, 2.75) is 81.5 Å². The monoisotopic (exact) mass is 735 g/mol. The maximum Gasteiger partial charge on any atom is 0.252 e. The molecule has 2 aromatic carbocycles. The summed E-state index contributed by atoms with van der Waals surface area (Å²) in [5.41, 5.74) is 2.45. The summed E-state index contributed by atoms with van der Waals surface area (Å²) in [4.78, 5) is 48.2. The molecule has 2 aliphatic carbocycles. The fourth-order valence-electron chi connectivity index (χ4n) is 8.52. The second-order valence-corrected chi connectivity index (χ2v) is 14.1. The van der Waals surface area contributed by atoms with Gasteiger partial charge in [-0.05, 0) is 13.0 Å². The van der Waals surface area contributed by atoms with Crippen molar-refractivity contribution in [3.05, 3.63) is 63.6 Å². The van der Waals surface area contributed by atoms with Gasteiger partial charge in [0.1, 0.15) is 40.6 Å². The van der Waals surface area contributed by atoms with Gasteiger partial charge in [-0.25, -0.2) is 4.98 Å². The van der Waals surface area contributed by atoms with Crippen LogP contribution in [0.4, 0.5) is 5.82 Å². The van der Waals surface area contributed by atoms with Crippen molar-refractivity contribution >= 4 is 23.3 Å². The fraction of sp³-hybridized carbons (Fsp3) is 0.500. The lowest BCUT2D eigenvalue weighted by molar-refractivity contribution is -0.256. The largest absolute Gasteiger partial charge is 0.507 e. The van der Waals surface area contributed by atoms with Gasteiger partial charge < -0.3 is 59.4 Å². The number of aliphatic hydroxyl groups is 1. The summed E-state index contributed by atoms with van der Waals surface area (Å²) in [6.45, 7) is 2.74. The number of amides is 1. The molecule has 0 radical (unpaired) electrons. The molecule has 1 aromatic heterocycles. The van der Waals surface area contributed by atoms with Crippen LogP contribution in [-0.4, -0.2) is 117 Å². The van der Waals surface area contributed by atoms with E-state index in [0.717, 1.165) is 0 Å². The predicted octanol–water partition coefficient (Wildman–Crippen LogP) is 0.782. The number of carbonyl (C=O) groups is 3. The number of nitrogens with zero attached hydrogens (tertiary/aromatic N) is 3. The molecule has 3 fully saturated rings. The maximum atomic E-state index is 14.1. The van der Waals surface area contributed by atoms with E-state index in [1.807, 2.05) is 6.92 Å². The van der Waals surface area contributed by atoms with Crippen LogP contribution in [0.2, 0.25) is 0 Å². The van der Waals surface area contributed by atoms with Crippen molar-refractivity contribution in [3.63, 3.8) is 0 Å². The Hall–Kier alpha value is -4.62.